The molecule has 0 amide bonds. The number of benzene rings is 2. The smallest absolute Gasteiger partial charge is 0.419 e. The molecule has 0 unspecified atom stereocenters. The van der Waals surface area contributed by atoms with Gasteiger partial charge < -0.3 is 18.8 Å². The summed E-state index contributed by atoms with van der Waals surface area (Å²) in [4.78, 5) is 22.0. The molecule has 10 heteroatoms. The van der Waals surface area contributed by atoms with Gasteiger partial charge in [0.1, 0.15) is 24.6 Å². The van der Waals surface area contributed by atoms with Crippen molar-refractivity contribution in [1.29, 1.82) is 0 Å². The van der Waals surface area contributed by atoms with Crippen molar-refractivity contribution in [2.45, 2.75) is 33.1 Å². The van der Waals surface area contributed by atoms with E-state index in [0.29, 0.717) is 16.0 Å². The molecule has 3 aromatic rings. The lowest BCUT2D eigenvalue weighted by Gasteiger charge is -2.16. The minimum atomic E-state index is -0.389. The maximum absolute atomic E-state index is 12.2. The highest BCUT2D eigenvalue weighted by Gasteiger charge is 2.18. The van der Waals surface area contributed by atoms with Crippen LogP contribution in [0.4, 0.5) is 0 Å². The molecule has 0 aliphatic rings. The lowest BCUT2D eigenvalue weighted by Crippen LogP contribution is -2.08. The molecule has 0 fully saturated rings. The van der Waals surface area contributed by atoms with E-state index in [2.05, 4.69) is 54.3 Å². The van der Waals surface area contributed by atoms with E-state index in [1.54, 1.807) is 14.2 Å². The van der Waals surface area contributed by atoms with E-state index in [1.807, 2.05) is 32.0 Å². The lowest BCUT2D eigenvalue weighted by atomic mass is 9.92. The highest BCUT2D eigenvalue weighted by atomic mass is 79.9. The highest BCUT2D eigenvalue weighted by molar-refractivity contribution is 9.18. The molecule has 36 heavy (non-hydrogen) atoms. The zero-order chi connectivity index (χ0) is 26.4. The Balaban J connectivity index is 2.19. The number of halogens is 2. The van der Waals surface area contributed by atoms with Crippen molar-refractivity contribution in [3.05, 3.63) is 68.7 Å². The van der Waals surface area contributed by atoms with Gasteiger partial charge in [-0.3, -0.25) is 4.57 Å². The normalized spacial score (nSPS) is 12.8. The third-order valence-corrected chi connectivity index (χ3v) is 6.81. The monoisotopic (exact) mass is 621 g/mol. The maximum Gasteiger partial charge on any atom is 0.419 e. The Labute approximate surface area is 226 Å². The predicted molar refractivity (Wildman–Crippen MR) is 151 cm³/mol. The van der Waals surface area contributed by atoms with Gasteiger partial charge in [0.05, 0.1) is 18.2 Å². The summed E-state index contributed by atoms with van der Waals surface area (Å²) >= 11 is 6.93. The molecular formula is C26H29Br2N3O5. The van der Waals surface area contributed by atoms with Crippen LogP contribution < -0.4 is 10.5 Å². The molecule has 3 rings (SSSR count). The number of hydrogen-bond acceptors (Lipinski definition) is 7. The molecule has 0 bridgehead atoms. The van der Waals surface area contributed by atoms with E-state index in [9.17, 15) is 4.79 Å². The quantitative estimate of drug-likeness (QED) is 0.148. The lowest BCUT2D eigenvalue weighted by molar-refractivity contribution is 0.214. The number of nitrogens with zero attached hydrogens (tertiary/aromatic N) is 3. The van der Waals surface area contributed by atoms with Crippen molar-refractivity contribution < 1.29 is 18.8 Å². The van der Waals surface area contributed by atoms with Crippen molar-refractivity contribution in [2.24, 2.45) is 17.4 Å². The Morgan fingerprint density at radius 1 is 1.03 bits per heavy atom. The Bertz CT molecular complexity index is 1400. The number of oxazole rings is 1. The third-order valence-electron chi connectivity index (χ3n) is 5.70. The average molecular weight is 623 g/mol. The van der Waals surface area contributed by atoms with Crippen LogP contribution in [0.25, 0.3) is 16.7 Å². The van der Waals surface area contributed by atoms with Gasteiger partial charge in [0, 0.05) is 13.5 Å². The first-order valence-corrected chi connectivity index (χ1v) is 12.8. The van der Waals surface area contributed by atoms with Crippen LogP contribution in [0.1, 0.15) is 47.1 Å². The summed E-state index contributed by atoms with van der Waals surface area (Å²) in [5.74, 6) is 0.315. The van der Waals surface area contributed by atoms with E-state index in [4.69, 9.17) is 18.8 Å². The molecular weight excluding hydrogens is 594 g/mol. The molecule has 0 aliphatic carbocycles. The SMILES string of the molecule is CO/N=C(\Br)CCC/C=C(\c1cc(C)c(OC)c(/C(Br)=N/OC)c1)c1cc(C)c2oc(=O)n(C)c2c1. The molecule has 0 radical (unpaired) electrons. The summed E-state index contributed by atoms with van der Waals surface area (Å²) in [6, 6.07) is 8.12. The number of ether oxygens (including phenoxy) is 1. The summed E-state index contributed by atoms with van der Waals surface area (Å²) in [7, 11) is 6.36. The van der Waals surface area contributed by atoms with Crippen LogP contribution in [-0.2, 0) is 16.7 Å². The minimum Gasteiger partial charge on any atom is -0.496 e. The van der Waals surface area contributed by atoms with Gasteiger partial charge in [0.2, 0.25) is 0 Å². The van der Waals surface area contributed by atoms with Crippen molar-refractivity contribution >= 4 is 57.8 Å². The molecule has 0 spiro atoms. The van der Waals surface area contributed by atoms with Crippen molar-refractivity contribution in [3.8, 4) is 5.75 Å². The van der Waals surface area contributed by atoms with E-state index in [0.717, 1.165) is 62.8 Å². The summed E-state index contributed by atoms with van der Waals surface area (Å²) in [5, 5.41) is 7.97. The third kappa shape index (κ3) is 6.10. The largest absolute Gasteiger partial charge is 0.496 e. The summed E-state index contributed by atoms with van der Waals surface area (Å²) in [6.07, 6.45) is 4.58. The molecule has 0 N–H and O–H groups in total. The molecule has 0 aliphatic heterocycles. The van der Waals surface area contributed by atoms with Gasteiger partial charge in [-0.2, -0.15) is 0 Å². The van der Waals surface area contributed by atoms with Crippen molar-refractivity contribution in [1.82, 2.24) is 4.57 Å². The van der Waals surface area contributed by atoms with E-state index < -0.39 is 0 Å². The Hall–Kier alpha value is -2.85. The zero-order valence-corrected chi connectivity index (χ0v) is 24.3. The number of allylic oxidation sites excluding steroid dienone is 1. The number of rotatable bonds is 10. The molecule has 1 heterocycles. The first-order chi connectivity index (χ1) is 17.2. The number of oxime groups is 2. The van der Waals surface area contributed by atoms with E-state index in [-0.39, 0.29) is 5.76 Å². The number of hydrogen-bond donors (Lipinski definition) is 0. The van der Waals surface area contributed by atoms with Crippen molar-refractivity contribution in [2.75, 3.05) is 21.3 Å². The number of aryl methyl sites for hydroxylation is 3. The maximum atomic E-state index is 12.2. The first kappa shape index (κ1) is 27.7. The van der Waals surface area contributed by atoms with Gasteiger partial charge in [-0.15, -0.1) is 0 Å². The Kier molecular flexibility index (Phi) is 9.56. The van der Waals surface area contributed by atoms with Crippen LogP contribution in [0.5, 0.6) is 5.75 Å². The molecule has 192 valence electrons. The summed E-state index contributed by atoms with van der Waals surface area (Å²) in [5.41, 5.74) is 6.88. The van der Waals surface area contributed by atoms with Crippen molar-refractivity contribution in [3.63, 3.8) is 0 Å². The first-order valence-electron chi connectivity index (χ1n) is 11.2. The second kappa shape index (κ2) is 12.4. The Morgan fingerprint density at radius 2 is 1.69 bits per heavy atom. The van der Waals surface area contributed by atoms with Crippen LogP contribution in [0.2, 0.25) is 0 Å². The number of methoxy groups -OCH3 is 1. The molecule has 1 aromatic heterocycles. The van der Waals surface area contributed by atoms with Gasteiger partial charge in [-0.05, 0) is 111 Å². The number of unbranched alkanes of at least 4 members (excludes halogenated alkanes) is 1. The van der Waals surface area contributed by atoms with Gasteiger partial charge in [0.15, 0.2) is 10.2 Å². The highest BCUT2D eigenvalue weighted by Crippen LogP contribution is 2.35. The molecule has 0 atom stereocenters. The zero-order valence-electron chi connectivity index (χ0n) is 21.1. The van der Waals surface area contributed by atoms with Crippen LogP contribution in [-0.4, -0.2) is 35.1 Å². The number of fused-ring (bicyclic) bond motifs is 1. The van der Waals surface area contributed by atoms with Crippen LogP contribution in [0.3, 0.4) is 0 Å². The summed E-state index contributed by atoms with van der Waals surface area (Å²) < 4.78 is 13.9. The average Bonchev–Trinajstić information content (AvgIpc) is 3.13. The van der Waals surface area contributed by atoms with Gasteiger partial charge in [-0.1, -0.05) is 16.4 Å². The number of aromatic nitrogens is 1. The minimum absolute atomic E-state index is 0.389. The summed E-state index contributed by atoms with van der Waals surface area (Å²) in [6.45, 7) is 3.93. The fraction of sp³-hybridized carbons (Fsp3) is 0.346. The second-order valence-electron chi connectivity index (χ2n) is 8.17. The van der Waals surface area contributed by atoms with Crippen LogP contribution in [0.15, 0.2) is 49.9 Å². The fourth-order valence-electron chi connectivity index (χ4n) is 4.07. The van der Waals surface area contributed by atoms with Gasteiger partial charge in [0.25, 0.3) is 0 Å². The standard InChI is InChI=1S/C26H29Br2N3O5/c1-15-11-17(13-20(23(15)33-4)25(28)30-35-6)19(9-7-8-10-22(27)29-34-5)18-12-16(2)24-21(14-18)31(3)26(32)36-24/h9,11-14H,7-8,10H2,1-6H3/b19-9+,29-22-,30-25-. The van der Waals surface area contributed by atoms with Gasteiger partial charge in [-0.25, -0.2) is 4.79 Å². The Morgan fingerprint density at radius 3 is 2.36 bits per heavy atom. The van der Waals surface area contributed by atoms with E-state index in [1.165, 1.54) is 18.8 Å². The predicted octanol–water partition coefficient (Wildman–Crippen LogP) is 6.42. The molecule has 8 nitrogen and oxygen atoms in total. The van der Waals surface area contributed by atoms with Crippen LogP contribution >= 0.6 is 31.9 Å². The fourth-order valence-corrected chi connectivity index (χ4v) is 4.94. The topological polar surface area (TPSA) is 87.6 Å². The second-order valence-corrected chi connectivity index (χ2v) is 9.83. The van der Waals surface area contributed by atoms with Crippen LogP contribution in [0, 0.1) is 13.8 Å². The molecule has 0 saturated carbocycles. The van der Waals surface area contributed by atoms with E-state index >= 15 is 0 Å². The molecule has 2 aromatic carbocycles. The van der Waals surface area contributed by atoms with Gasteiger partial charge >= 0.3 is 5.76 Å². The molecule has 0 saturated heterocycles.